The van der Waals surface area contributed by atoms with Crippen molar-refractivity contribution < 1.29 is 22.4 Å². The van der Waals surface area contributed by atoms with Crippen LogP contribution in [0.3, 0.4) is 0 Å². The molecule has 0 atom stereocenters. The molecule has 1 aliphatic heterocycles. The summed E-state index contributed by atoms with van der Waals surface area (Å²) in [6, 6.07) is 10.8. The molecule has 3 aromatic rings. The van der Waals surface area contributed by atoms with E-state index in [0.29, 0.717) is 55.1 Å². The second-order valence-corrected chi connectivity index (χ2v) is 10.2. The third kappa shape index (κ3) is 7.41. The molecule has 1 saturated heterocycles. The first-order chi connectivity index (χ1) is 18.1. The van der Waals surface area contributed by atoms with Crippen LogP contribution in [0, 0.1) is 6.92 Å². The van der Waals surface area contributed by atoms with Crippen LogP contribution in [-0.2, 0) is 11.9 Å². The number of carbonyl (C=O) groups excluding carboxylic acids is 1. The summed E-state index contributed by atoms with van der Waals surface area (Å²) in [6.07, 6.45) is -4.36. The Morgan fingerprint density at radius 1 is 1.08 bits per heavy atom. The highest BCUT2D eigenvalue weighted by Gasteiger charge is 2.31. The Labute approximate surface area is 224 Å². The minimum absolute atomic E-state index is 0.249. The fraction of sp³-hybridized carbons (Fsp3) is 0.423. The number of benzene rings is 1. The Morgan fingerprint density at radius 2 is 1.82 bits per heavy atom. The summed E-state index contributed by atoms with van der Waals surface area (Å²) in [6.45, 7) is 5.59. The molecule has 1 aliphatic rings. The second-order valence-electron chi connectivity index (χ2n) is 9.29. The molecule has 38 heavy (non-hydrogen) atoms. The third-order valence-electron chi connectivity index (χ3n) is 6.04. The van der Waals surface area contributed by atoms with E-state index in [0.717, 1.165) is 24.1 Å². The van der Waals surface area contributed by atoms with Gasteiger partial charge in [-0.2, -0.15) is 13.2 Å². The summed E-state index contributed by atoms with van der Waals surface area (Å²) in [5.41, 5.74) is 0.746. The Kier molecular flexibility index (Phi) is 8.83. The van der Waals surface area contributed by atoms with Crippen molar-refractivity contribution in [1.29, 1.82) is 0 Å². The zero-order valence-corrected chi connectivity index (χ0v) is 22.4. The number of thioether (sulfide) groups is 1. The monoisotopic (exact) mass is 548 g/mol. The highest BCUT2D eigenvalue weighted by Crippen LogP contribution is 2.32. The molecule has 1 aromatic carbocycles. The van der Waals surface area contributed by atoms with E-state index in [9.17, 15) is 18.0 Å². The third-order valence-corrected chi connectivity index (χ3v) is 6.91. The van der Waals surface area contributed by atoms with Crippen LogP contribution in [0.15, 0.2) is 52.0 Å². The number of halogens is 3. The van der Waals surface area contributed by atoms with Gasteiger partial charge in [0, 0.05) is 56.7 Å². The predicted molar refractivity (Wildman–Crippen MR) is 142 cm³/mol. The van der Waals surface area contributed by atoms with Crippen molar-refractivity contribution in [2.24, 2.45) is 0 Å². The number of alkyl halides is 3. The van der Waals surface area contributed by atoms with Gasteiger partial charge in [-0.3, -0.25) is 4.79 Å². The van der Waals surface area contributed by atoms with Gasteiger partial charge in [0.1, 0.15) is 11.6 Å². The lowest BCUT2D eigenvalue weighted by Crippen LogP contribution is -2.47. The summed E-state index contributed by atoms with van der Waals surface area (Å²) in [5.74, 6) is 1.92. The van der Waals surface area contributed by atoms with E-state index >= 15 is 0 Å². The van der Waals surface area contributed by atoms with Crippen LogP contribution >= 0.6 is 11.8 Å². The molecule has 0 spiro atoms. The van der Waals surface area contributed by atoms with Crippen LogP contribution in [-0.4, -0.2) is 74.1 Å². The number of hydrogen-bond acceptors (Lipinski definition) is 8. The Morgan fingerprint density at radius 3 is 2.53 bits per heavy atom. The van der Waals surface area contributed by atoms with Gasteiger partial charge in [-0.05, 0) is 51.4 Å². The number of furan rings is 1. The number of anilines is 2. The van der Waals surface area contributed by atoms with Crippen LogP contribution in [0.4, 0.5) is 24.7 Å². The summed E-state index contributed by atoms with van der Waals surface area (Å²) < 4.78 is 45.0. The van der Waals surface area contributed by atoms with Gasteiger partial charge in [-0.25, -0.2) is 9.97 Å². The van der Waals surface area contributed by atoms with Crippen molar-refractivity contribution >= 4 is 29.2 Å². The van der Waals surface area contributed by atoms with Crippen molar-refractivity contribution in [3.05, 3.63) is 65.2 Å². The molecule has 0 radical (unpaired) electrons. The summed E-state index contributed by atoms with van der Waals surface area (Å²) in [5, 5.41) is 3.42. The lowest BCUT2D eigenvalue weighted by atomic mass is 10.1. The van der Waals surface area contributed by atoms with Gasteiger partial charge >= 0.3 is 6.18 Å². The standard InChI is InChI=1S/C26H31F3N6O2S/c1-18-15-23(35-13-11-34(12-14-35)20-6-4-5-19(16-20)26(27,28)29)32-25(31-18)38-17-21-7-8-22(37-21)24(36)30-9-10-33(2)3/h4-8,15-16H,9-14,17H2,1-3H3,(H,30,36). The molecular formula is C26H31F3N6O2S. The van der Waals surface area contributed by atoms with E-state index in [1.165, 1.54) is 23.9 Å². The molecule has 1 N–H and O–H groups in total. The normalized spacial score (nSPS) is 14.3. The molecule has 0 unspecified atom stereocenters. The summed E-state index contributed by atoms with van der Waals surface area (Å²) in [7, 11) is 3.88. The van der Waals surface area contributed by atoms with E-state index in [2.05, 4.69) is 15.2 Å². The number of nitrogens with zero attached hydrogens (tertiary/aromatic N) is 5. The molecule has 1 fully saturated rings. The van der Waals surface area contributed by atoms with E-state index in [4.69, 9.17) is 9.40 Å². The van der Waals surface area contributed by atoms with Gasteiger partial charge in [0.25, 0.3) is 5.91 Å². The average Bonchev–Trinajstić information content (AvgIpc) is 3.36. The van der Waals surface area contributed by atoms with Crippen LogP contribution in [0.5, 0.6) is 0 Å². The van der Waals surface area contributed by atoms with Crippen LogP contribution in [0.2, 0.25) is 0 Å². The summed E-state index contributed by atoms with van der Waals surface area (Å²) >= 11 is 1.42. The number of hydrogen-bond donors (Lipinski definition) is 1. The molecule has 0 aliphatic carbocycles. The van der Waals surface area contributed by atoms with Gasteiger partial charge in [-0.15, -0.1) is 0 Å². The van der Waals surface area contributed by atoms with E-state index in [1.54, 1.807) is 18.2 Å². The molecule has 4 rings (SSSR count). The average molecular weight is 549 g/mol. The van der Waals surface area contributed by atoms with Crippen LogP contribution < -0.4 is 15.1 Å². The minimum atomic E-state index is -4.36. The molecule has 0 bridgehead atoms. The topological polar surface area (TPSA) is 77.7 Å². The molecule has 204 valence electrons. The number of aryl methyl sites for hydroxylation is 1. The van der Waals surface area contributed by atoms with Crippen LogP contribution in [0.25, 0.3) is 0 Å². The van der Waals surface area contributed by atoms with Gasteiger partial charge in [0.2, 0.25) is 0 Å². The Bertz CT molecular complexity index is 1240. The maximum atomic E-state index is 13.1. The fourth-order valence-electron chi connectivity index (χ4n) is 4.02. The summed E-state index contributed by atoms with van der Waals surface area (Å²) in [4.78, 5) is 27.5. The first kappa shape index (κ1) is 27.8. The molecular weight excluding hydrogens is 517 g/mol. The molecule has 3 heterocycles. The largest absolute Gasteiger partial charge is 0.455 e. The highest BCUT2D eigenvalue weighted by molar-refractivity contribution is 7.98. The molecule has 0 saturated carbocycles. The maximum Gasteiger partial charge on any atom is 0.416 e. The number of rotatable bonds is 9. The SMILES string of the molecule is Cc1cc(N2CCN(c3cccc(C(F)(F)F)c3)CC2)nc(SCc2ccc(C(=O)NCCN(C)C)o2)n1. The van der Waals surface area contributed by atoms with E-state index in [1.807, 2.05) is 36.9 Å². The first-order valence-electron chi connectivity index (χ1n) is 12.3. The lowest BCUT2D eigenvalue weighted by Gasteiger charge is -2.37. The highest BCUT2D eigenvalue weighted by atomic mass is 32.2. The number of carbonyl (C=O) groups is 1. The Hall–Kier alpha value is -3.25. The number of piperazine rings is 1. The van der Waals surface area contributed by atoms with Crippen molar-refractivity contribution in [1.82, 2.24) is 20.2 Å². The lowest BCUT2D eigenvalue weighted by molar-refractivity contribution is -0.137. The minimum Gasteiger partial charge on any atom is -0.455 e. The fourth-order valence-corrected chi connectivity index (χ4v) is 4.81. The second kappa shape index (κ2) is 12.1. The molecule has 8 nitrogen and oxygen atoms in total. The quantitative estimate of drug-likeness (QED) is 0.313. The van der Waals surface area contributed by atoms with Gasteiger partial charge in [0.15, 0.2) is 10.9 Å². The van der Waals surface area contributed by atoms with Crippen molar-refractivity contribution in [3.63, 3.8) is 0 Å². The molecule has 12 heteroatoms. The molecule has 1 amide bonds. The zero-order chi connectivity index (χ0) is 27.3. The number of likely N-dealkylation sites (N-methyl/N-ethyl adjacent to an activating group) is 1. The number of aromatic nitrogens is 2. The first-order valence-corrected chi connectivity index (χ1v) is 13.2. The van der Waals surface area contributed by atoms with Crippen molar-refractivity contribution in [2.45, 2.75) is 24.0 Å². The van der Waals surface area contributed by atoms with Crippen LogP contribution in [0.1, 0.15) is 27.6 Å². The van der Waals surface area contributed by atoms with E-state index in [-0.39, 0.29) is 11.7 Å². The van der Waals surface area contributed by atoms with E-state index < -0.39 is 11.7 Å². The molecule has 2 aromatic heterocycles. The zero-order valence-electron chi connectivity index (χ0n) is 21.6. The maximum absolute atomic E-state index is 13.1. The van der Waals surface area contributed by atoms with Crippen molar-refractivity contribution in [2.75, 3.05) is 63.2 Å². The smallest absolute Gasteiger partial charge is 0.416 e. The predicted octanol–water partition coefficient (Wildman–Crippen LogP) is 4.31. The van der Waals surface area contributed by atoms with Crippen molar-refractivity contribution in [3.8, 4) is 0 Å². The Balaban J connectivity index is 1.33. The van der Waals surface area contributed by atoms with Gasteiger partial charge in [-0.1, -0.05) is 17.8 Å². The van der Waals surface area contributed by atoms with Gasteiger partial charge < -0.3 is 24.4 Å². The van der Waals surface area contributed by atoms with Gasteiger partial charge in [0.05, 0.1) is 11.3 Å². The number of nitrogens with one attached hydrogen (secondary N) is 1. The number of amides is 1.